The van der Waals surface area contributed by atoms with E-state index in [2.05, 4.69) is 15.5 Å². The van der Waals surface area contributed by atoms with Gasteiger partial charge in [-0.15, -0.1) is 0 Å². The van der Waals surface area contributed by atoms with Gasteiger partial charge in [-0.2, -0.15) is 0 Å². The van der Waals surface area contributed by atoms with Gasteiger partial charge >= 0.3 is 0 Å². The maximum Gasteiger partial charge on any atom is 0.0483 e. The molecule has 0 aromatic rings. The van der Waals surface area contributed by atoms with Crippen molar-refractivity contribution < 1.29 is 0 Å². The van der Waals surface area contributed by atoms with E-state index in [1.807, 2.05) is 0 Å². The van der Waals surface area contributed by atoms with Gasteiger partial charge in [0, 0.05) is 38.9 Å². The highest BCUT2D eigenvalue weighted by Gasteiger charge is 2.21. The van der Waals surface area contributed by atoms with Crippen molar-refractivity contribution in [3.8, 4) is 0 Å². The first-order valence-corrected chi connectivity index (χ1v) is 4.61. The Hall–Kier alpha value is -0.120. The van der Waals surface area contributed by atoms with Crippen molar-refractivity contribution >= 4 is 0 Å². The topological polar surface area (TPSA) is 27.3 Å². The van der Waals surface area contributed by atoms with Crippen LogP contribution in [0.2, 0.25) is 0 Å². The van der Waals surface area contributed by atoms with Gasteiger partial charge in [-0.1, -0.05) is 0 Å². The molecule has 3 nitrogen and oxygen atoms in total. The second-order valence-corrected chi connectivity index (χ2v) is 3.50. The summed E-state index contributed by atoms with van der Waals surface area (Å²) >= 11 is 0. The molecule has 0 radical (unpaired) electrons. The van der Waals surface area contributed by atoms with E-state index in [4.69, 9.17) is 0 Å². The molecule has 1 heterocycles. The third-order valence-corrected chi connectivity index (χ3v) is 2.39. The molecule has 2 N–H and O–H groups in total. The SMILES string of the molecule is C1CN(CNC2CC2)CCN1. The Morgan fingerprint density at radius 2 is 2.00 bits per heavy atom. The van der Waals surface area contributed by atoms with E-state index in [0.29, 0.717) is 0 Å². The standard InChI is InChI=1S/C8H17N3/c1-2-8(1)10-7-11-5-3-9-4-6-11/h8-10H,1-7H2. The molecule has 0 unspecified atom stereocenters. The molecule has 1 aliphatic heterocycles. The molecule has 1 aliphatic carbocycles. The minimum atomic E-state index is 0.852. The third-order valence-electron chi connectivity index (χ3n) is 2.39. The summed E-state index contributed by atoms with van der Waals surface area (Å²) in [5.74, 6) is 0. The molecule has 0 amide bonds. The van der Waals surface area contributed by atoms with Crippen molar-refractivity contribution in [2.45, 2.75) is 18.9 Å². The fourth-order valence-electron chi connectivity index (χ4n) is 1.41. The van der Waals surface area contributed by atoms with E-state index in [-0.39, 0.29) is 0 Å². The number of nitrogens with zero attached hydrogens (tertiary/aromatic N) is 1. The molecule has 2 aliphatic rings. The fourth-order valence-corrected chi connectivity index (χ4v) is 1.41. The molecular weight excluding hydrogens is 138 g/mol. The normalized spacial score (nSPS) is 27.3. The van der Waals surface area contributed by atoms with Crippen LogP contribution in [0.5, 0.6) is 0 Å². The molecule has 0 aromatic carbocycles. The van der Waals surface area contributed by atoms with Crippen molar-refractivity contribution in [1.29, 1.82) is 0 Å². The Morgan fingerprint density at radius 3 is 2.64 bits per heavy atom. The fraction of sp³-hybridized carbons (Fsp3) is 1.00. The van der Waals surface area contributed by atoms with Crippen molar-refractivity contribution in [2.24, 2.45) is 0 Å². The molecule has 0 spiro atoms. The maximum absolute atomic E-state index is 3.52. The Morgan fingerprint density at radius 1 is 1.27 bits per heavy atom. The summed E-state index contributed by atoms with van der Waals surface area (Å²) in [5, 5.41) is 6.87. The van der Waals surface area contributed by atoms with E-state index in [1.54, 1.807) is 0 Å². The minimum Gasteiger partial charge on any atom is -0.314 e. The second kappa shape index (κ2) is 3.52. The highest BCUT2D eigenvalue weighted by molar-refractivity contribution is 4.81. The zero-order chi connectivity index (χ0) is 7.52. The van der Waals surface area contributed by atoms with Crippen molar-refractivity contribution in [1.82, 2.24) is 15.5 Å². The lowest BCUT2D eigenvalue weighted by Crippen LogP contribution is -2.47. The first kappa shape index (κ1) is 7.53. The highest BCUT2D eigenvalue weighted by Crippen LogP contribution is 2.18. The van der Waals surface area contributed by atoms with Gasteiger partial charge in [0.15, 0.2) is 0 Å². The largest absolute Gasteiger partial charge is 0.314 e. The predicted molar refractivity (Wildman–Crippen MR) is 45.5 cm³/mol. The zero-order valence-corrected chi connectivity index (χ0v) is 6.97. The summed E-state index contributed by atoms with van der Waals surface area (Å²) in [7, 11) is 0. The van der Waals surface area contributed by atoms with Crippen LogP contribution in [0.3, 0.4) is 0 Å². The number of piperazine rings is 1. The minimum absolute atomic E-state index is 0.852. The lowest BCUT2D eigenvalue weighted by atomic mass is 10.4. The molecule has 2 fully saturated rings. The van der Waals surface area contributed by atoms with Crippen molar-refractivity contribution in [2.75, 3.05) is 32.8 Å². The van der Waals surface area contributed by atoms with Gasteiger partial charge in [0.05, 0.1) is 0 Å². The summed E-state index contributed by atoms with van der Waals surface area (Å²) in [6.07, 6.45) is 2.79. The number of hydrogen-bond acceptors (Lipinski definition) is 3. The smallest absolute Gasteiger partial charge is 0.0483 e. The van der Waals surface area contributed by atoms with E-state index < -0.39 is 0 Å². The predicted octanol–water partition coefficient (Wildman–Crippen LogP) is -0.399. The molecule has 1 saturated heterocycles. The lowest BCUT2D eigenvalue weighted by Gasteiger charge is -2.27. The van der Waals surface area contributed by atoms with E-state index in [9.17, 15) is 0 Å². The van der Waals surface area contributed by atoms with Gasteiger partial charge < -0.3 is 10.6 Å². The maximum atomic E-state index is 3.52. The van der Waals surface area contributed by atoms with Crippen LogP contribution in [-0.4, -0.2) is 43.8 Å². The van der Waals surface area contributed by atoms with Crippen LogP contribution in [0.15, 0.2) is 0 Å². The number of nitrogens with one attached hydrogen (secondary N) is 2. The molecule has 11 heavy (non-hydrogen) atoms. The molecule has 0 atom stereocenters. The van der Waals surface area contributed by atoms with Gasteiger partial charge in [-0.05, 0) is 12.8 Å². The van der Waals surface area contributed by atoms with E-state index in [1.165, 1.54) is 25.9 Å². The molecule has 64 valence electrons. The molecule has 3 heteroatoms. The summed E-state index contributed by atoms with van der Waals surface area (Å²) in [5.41, 5.74) is 0. The zero-order valence-electron chi connectivity index (χ0n) is 6.97. The van der Waals surface area contributed by atoms with E-state index >= 15 is 0 Å². The quantitative estimate of drug-likeness (QED) is 0.581. The molecule has 1 saturated carbocycles. The van der Waals surface area contributed by atoms with Gasteiger partial charge in [0.1, 0.15) is 0 Å². The second-order valence-electron chi connectivity index (χ2n) is 3.50. The Balaban J connectivity index is 1.59. The molecule has 2 rings (SSSR count). The number of rotatable bonds is 3. The van der Waals surface area contributed by atoms with Crippen molar-refractivity contribution in [3.63, 3.8) is 0 Å². The average Bonchev–Trinajstić information content (AvgIpc) is 2.86. The summed E-state index contributed by atoms with van der Waals surface area (Å²) < 4.78 is 0. The van der Waals surface area contributed by atoms with Crippen molar-refractivity contribution in [3.05, 3.63) is 0 Å². The van der Waals surface area contributed by atoms with Crippen LogP contribution < -0.4 is 10.6 Å². The van der Waals surface area contributed by atoms with Crippen LogP contribution >= 0.6 is 0 Å². The lowest BCUT2D eigenvalue weighted by molar-refractivity contribution is 0.223. The first-order chi connectivity index (χ1) is 5.45. The van der Waals surface area contributed by atoms with Crippen LogP contribution in [-0.2, 0) is 0 Å². The molecule has 0 aromatic heterocycles. The van der Waals surface area contributed by atoms with Gasteiger partial charge in [0.25, 0.3) is 0 Å². The first-order valence-electron chi connectivity index (χ1n) is 4.61. The molecule has 0 bridgehead atoms. The van der Waals surface area contributed by atoms with Crippen LogP contribution in [0, 0.1) is 0 Å². The van der Waals surface area contributed by atoms with Crippen LogP contribution in [0.25, 0.3) is 0 Å². The Labute approximate surface area is 68.1 Å². The summed E-state index contributed by atoms with van der Waals surface area (Å²) in [4.78, 5) is 2.48. The van der Waals surface area contributed by atoms with Gasteiger partial charge in [0.2, 0.25) is 0 Å². The summed E-state index contributed by atoms with van der Waals surface area (Å²) in [6, 6.07) is 0.852. The Kier molecular flexibility index (Phi) is 2.41. The van der Waals surface area contributed by atoms with Crippen LogP contribution in [0.1, 0.15) is 12.8 Å². The summed E-state index contributed by atoms with van der Waals surface area (Å²) in [6.45, 7) is 5.84. The van der Waals surface area contributed by atoms with Crippen LogP contribution in [0.4, 0.5) is 0 Å². The monoisotopic (exact) mass is 155 g/mol. The number of hydrogen-bond donors (Lipinski definition) is 2. The van der Waals surface area contributed by atoms with Gasteiger partial charge in [-0.3, -0.25) is 4.90 Å². The highest BCUT2D eigenvalue weighted by atomic mass is 15.3. The van der Waals surface area contributed by atoms with E-state index in [0.717, 1.165) is 25.8 Å². The molecular formula is C8H17N3. The average molecular weight is 155 g/mol. The van der Waals surface area contributed by atoms with Gasteiger partial charge in [-0.25, -0.2) is 0 Å². The third kappa shape index (κ3) is 2.43. The Bertz CT molecular complexity index is 117.